The Hall–Kier alpha value is -2.74. The highest BCUT2D eigenvalue weighted by atomic mass is 14.7. The second kappa shape index (κ2) is 5.17. The molecule has 23 heavy (non-hydrogen) atoms. The van der Waals surface area contributed by atoms with Crippen LogP contribution in [0.1, 0.15) is 16.8 Å². The molecular formula is C21H18N2. The Morgan fingerprint density at radius 2 is 1.43 bits per heavy atom. The van der Waals surface area contributed by atoms with Crippen LogP contribution < -0.4 is 0 Å². The summed E-state index contributed by atoms with van der Waals surface area (Å²) in [4.78, 5) is 9.30. The molecule has 0 saturated heterocycles. The molecule has 0 radical (unpaired) electrons. The maximum Gasteiger partial charge on any atom is 0.0780 e. The maximum atomic E-state index is 4.66. The van der Waals surface area contributed by atoms with Crippen molar-refractivity contribution in [2.45, 2.75) is 20.8 Å². The first-order valence-electron chi connectivity index (χ1n) is 7.85. The molecule has 2 heterocycles. The van der Waals surface area contributed by atoms with Crippen molar-refractivity contribution in [1.82, 2.24) is 9.97 Å². The van der Waals surface area contributed by atoms with Crippen molar-refractivity contribution in [1.29, 1.82) is 0 Å². The van der Waals surface area contributed by atoms with E-state index in [2.05, 4.69) is 72.3 Å². The zero-order valence-corrected chi connectivity index (χ0v) is 13.6. The smallest absolute Gasteiger partial charge is 0.0780 e. The summed E-state index contributed by atoms with van der Waals surface area (Å²) in [5, 5.41) is 3.57. The molecular weight excluding hydrogens is 280 g/mol. The van der Waals surface area contributed by atoms with Gasteiger partial charge in [0.25, 0.3) is 0 Å². The fourth-order valence-electron chi connectivity index (χ4n) is 3.31. The molecule has 0 atom stereocenters. The highest BCUT2D eigenvalue weighted by Gasteiger charge is 2.09. The number of fused-ring (bicyclic) bond motifs is 3. The van der Waals surface area contributed by atoms with E-state index in [1.54, 1.807) is 0 Å². The Morgan fingerprint density at radius 1 is 0.696 bits per heavy atom. The highest BCUT2D eigenvalue weighted by molar-refractivity contribution is 6.10. The van der Waals surface area contributed by atoms with Crippen LogP contribution in [0.4, 0.5) is 0 Å². The van der Waals surface area contributed by atoms with E-state index in [1.165, 1.54) is 32.8 Å². The highest BCUT2D eigenvalue weighted by Crippen LogP contribution is 2.31. The van der Waals surface area contributed by atoms with Gasteiger partial charge < -0.3 is 0 Å². The average molecular weight is 298 g/mol. The van der Waals surface area contributed by atoms with Crippen LogP contribution in [0.3, 0.4) is 0 Å². The molecule has 0 unspecified atom stereocenters. The molecule has 2 aromatic heterocycles. The Bertz CT molecular complexity index is 1030. The summed E-state index contributed by atoms with van der Waals surface area (Å²) in [5.74, 6) is 0. The predicted molar refractivity (Wildman–Crippen MR) is 96.7 cm³/mol. The molecule has 0 spiro atoms. The fraction of sp³-hybridized carbons (Fsp3) is 0.143. The van der Waals surface area contributed by atoms with Gasteiger partial charge >= 0.3 is 0 Å². The van der Waals surface area contributed by atoms with Crippen molar-refractivity contribution in [2.24, 2.45) is 0 Å². The van der Waals surface area contributed by atoms with Gasteiger partial charge in [0.15, 0.2) is 0 Å². The van der Waals surface area contributed by atoms with Gasteiger partial charge in [0.2, 0.25) is 0 Å². The van der Waals surface area contributed by atoms with Crippen molar-refractivity contribution in [3.63, 3.8) is 0 Å². The van der Waals surface area contributed by atoms with Crippen LogP contribution in [0.2, 0.25) is 0 Å². The van der Waals surface area contributed by atoms with Crippen LogP contribution >= 0.6 is 0 Å². The number of hydrogen-bond acceptors (Lipinski definition) is 2. The third-order valence-corrected chi connectivity index (χ3v) is 4.25. The average Bonchev–Trinajstić information content (AvgIpc) is 2.52. The molecule has 0 aliphatic heterocycles. The Morgan fingerprint density at radius 3 is 2.22 bits per heavy atom. The minimum atomic E-state index is 1.04. The maximum absolute atomic E-state index is 4.66. The summed E-state index contributed by atoms with van der Waals surface area (Å²) in [6.45, 7) is 6.28. The molecule has 0 N–H and O–H groups in total. The van der Waals surface area contributed by atoms with Crippen LogP contribution in [0.5, 0.6) is 0 Å². The second-order valence-electron chi connectivity index (χ2n) is 6.22. The third-order valence-electron chi connectivity index (χ3n) is 4.25. The fourth-order valence-corrected chi connectivity index (χ4v) is 3.31. The van der Waals surface area contributed by atoms with Crippen molar-refractivity contribution >= 4 is 21.7 Å². The number of rotatable bonds is 1. The van der Waals surface area contributed by atoms with Gasteiger partial charge in [0, 0.05) is 28.2 Å². The van der Waals surface area contributed by atoms with Gasteiger partial charge in [-0.05, 0) is 62.6 Å². The first kappa shape index (κ1) is 13.9. The first-order chi connectivity index (χ1) is 11.1. The molecule has 0 aliphatic carbocycles. The lowest BCUT2D eigenvalue weighted by Crippen LogP contribution is -1.90. The van der Waals surface area contributed by atoms with Crippen molar-refractivity contribution < 1.29 is 0 Å². The van der Waals surface area contributed by atoms with E-state index in [1.807, 2.05) is 13.1 Å². The number of aryl methyl sites for hydroxylation is 3. The zero-order valence-electron chi connectivity index (χ0n) is 13.6. The number of benzene rings is 2. The molecule has 0 saturated carbocycles. The van der Waals surface area contributed by atoms with E-state index in [4.69, 9.17) is 0 Å². The number of pyridine rings is 2. The minimum Gasteiger partial charge on any atom is -0.256 e. The van der Waals surface area contributed by atoms with Crippen LogP contribution in [-0.4, -0.2) is 9.97 Å². The standard InChI is InChI=1S/C21H18N2/c1-13-10-14(2)12-16(11-13)21-19-6-7-20-18(5-4-15(3)23-20)17(19)8-9-22-21/h4-12H,1-3H3. The van der Waals surface area contributed by atoms with Crippen molar-refractivity contribution in [3.8, 4) is 11.3 Å². The molecule has 112 valence electrons. The summed E-state index contributed by atoms with van der Waals surface area (Å²) in [6.07, 6.45) is 1.90. The first-order valence-corrected chi connectivity index (χ1v) is 7.85. The van der Waals surface area contributed by atoms with Crippen LogP contribution in [0, 0.1) is 20.8 Å². The lowest BCUT2D eigenvalue weighted by atomic mass is 9.98. The molecule has 0 aliphatic rings. The predicted octanol–water partition coefficient (Wildman–Crippen LogP) is 5.38. The monoisotopic (exact) mass is 298 g/mol. The summed E-state index contributed by atoms with van der Waals surface area (Å²) in [6, 6.07) is 17.1. The topological polar surface area (TPSA) is 25.8 Å². The van der Waals surface area contributed by atoms with Crippen LogP contribution in [0.25, 0.3) is 32.9 Å². The van der Waals surface area contributed by atoms with E-state index in [-0.39, 0.29) is 0 Å². The molecule has 2 nitrogen and oxygen atoms in total. The van der Waals surface area contributed by atoms with E-state index in [0.717, 1.165) is 16.9 Å². The van der Waals surface area contributed by atoms with Gasteiger partial charge in [-0.2, -0.15) is 0 Å². The number of aromatic nitrogens is 2. The van der Waals surface area contributed by atoms with E-state index >= 15 is 0 Å². The van der Waals surface area contributed by atoms with Gasteiger partial charge in [0.05, 0.1) is 11.2 Å². The molecule has 0 bridgehead atoms. The summed E-state index contributed by atoms with van der Waals surface area (Å²) >= 11 is 0. The summed E-state index contributed by atoms with van der Waals surface area (Å²) < 4.78 is 0. The Balaban J connectivity index is 2.07. The van der Waals surface area contributed by atoms with E-state index < -0.39 is 0 Å². The molecule has 2 aromatic carbocycles. The molecule has 0 fully saturated rings. The summed E-state index contributed by atoms with van der Waals surface area (Å²) in [5.41, 5.74) is 6.81. The largest absolute Gasteiger partial charge is 0.256 e. The Kier molecular flexibility index (Phi) is 3.12. The van der Waals surface area contributed by atoms with E-state index in [0.29, 0.717) is 0 Å². The third kappa shape index (κ3) is 2.36. The number of nitrogens with zero attached hydrogens (tertiary/aromatic N) is 2. The van der Waals surface area contributed by atoms with Crippen molar-refractivity contribution in [2.75, 3.05) is 0 Å². The van der Waals surface area contributed by atoms with Gasteiger partial charge in [-0.25, -0.2) is 0 Å². The lowest BCUT2D eigenvalue weighted by molar-refractivity contribution is 1.26. The van der Waals surface area contributed by atoms with Gasteiger partial charge in [0.1, 0.15) is 0 Å². The van der Waals surface area contributed by atoms with Crippen LogP contribution in [-0.2, 0) is 0 Å². The zero-order chi connectivity index (χ0) is 16.0. The summed E-state index contributed by atoms with van der Waals surface area (Å²) in [7, 11) is 0. The van der Waals surface area contributed by atoms with E-state index in [9.17, 15) is 0 Å². The molecule has 0 amide bonds. The van der Waals surface area contributed by atoms with Crippen LogP contribution in [0.15, 0.2) is 54.7 Å². The van der Waals surface area contributed by atoms with Crippen molar-refractivity contribution in [3.05, 3.63) is 71.5 Å². The normalized spacial score (nSPS) is 11.3. The number of hydrogen-bond donors (Lipinski definition) is 0. The Labute approximate surface area is 135 Å². The molecule has 4 aromatic rings. The molecule has 4 rings (SSSR count). The lowest BCUT2D eigenvalue weighted by Gasteiger charge is -2.10. The molecule has 2 heteroatoms. The quantitative estimate of drug-likeness (QED) is 0.441. The van der Waals surface area contributed by atoms with Gasteiger partial charge in [-0.1, -0.05) is 23.3 Å². The minimum absolute atomic E-state index is 1.04. The van der Waals surface area contributed by atoms with Gasteiger partial charge in [-0.3, -0.25) is 9.97 Å². The second-order valence-corrected chi connectivity index (χ2v) is 6.22. The SMILES string of the molecule is Cc1cc(C)cc(-c2nccc3c2ccc2nc(C)ccc23)c1. The van der Waals surface area contributed by atoms with Gasteiger partial charge in [-0.15, -0.1) is 0 Å².